The third-order valence-corrected chi connectivity index (χ3v) is 5.43. The molecule has 0 amide bonds. The Bertz CT molecular complexity index is 489. The number of likely N-dealkylation sites (N-methyl/N-ethyl adjacent to an activating group) is 1. The van der Waals surface area contributed by atoms with Crippen LogP contribution in [0.5, 0.6) is 0 Å². The van der Waals surface area contributed by atoms with E-state index in [9.17, 15) is 8.42 Å². The third-order valence-electron chi connectivity index (χ3n) is 3.68. The number of nitrogens with one attached hydrogen (secondary N) is 1. The van der Waals surface area contributed by atoms with Gasteiger partial charge in [-0.2, -0.15) is 0 Å². The van der Waals surface area contributed by atoms with E-state index >= 15 is 0 Å². The number of sulfone groups is 1. The molecule has 3 nitrogen and oxygen atoms in total. The summed E-state index contributed by atoms with van der Waals surface area (Å²) < 4.78 is 23.4. The maximum Gasteiger partial charge on any atom is 0.178 e. The van der Waals surface area contributed by atoms with Crippen LogP contribution in [0.2, 0.25) is 0 Å². The van der Waals surface area contributed by atoms with Crippen molar-refractivity contribution in [3.05, 3.63) is 29.8 Å². The molecule has 1 unspecified atom stereocenters. The van der Waals surface area contributed by atoms with Gasteiger partial charge in [-0.15, -0.1) is 0 Å². The van der Waals surface area contributed by atoms with Gasteiger partial charge in [0.25, 0.3) is 0 Å². The standard InChI is InChI=1S/C14H21NO2S/c1-3-18(16,17)13-8-4-11(5-9-13)10-14(15-2)12-6-7-12/h4-5,8-9,12,14-15H,3,6-7,10H2,1-2H3. The Labute approximate surface area is 110 Å². The van der Waals surface area contributed by atoms with Gasteiger partial charge in [0.2, 0.25) is 0 Å². The molecule has 1 aliphatic carbocycles. The molecule has 1 atom stereocenters. The van der Waals surface area contributed by atoms with Crippen LogP contribution in [-0.4, -0.2) is 27.3 Å². The van der Waals surface area contributed by atoms with Crippen molar-refractivity contribution in [2.75, 3.05) is 12.8 Å². The first kappa shape index (κ1) is 13.6. The topological polar surface area (TPSA) is 46.2 Å². The fourth-order valence-electron chi connectivity index (χ4n) is 2.26. The molecular weight excluding hydrogens is 246 g/mol. The van der Waals surface area contributed by atoms with Gasteiger partial charge < -0.3 is 5.32 Å². The highest BCUT2D eigenvalue weighted by Crippen LogP contribution is 2.33. The van der Waals surface area contributed by atoms with Crippen LogP contribution in [-0.2, 0) is 16.3 Å². The second kappa shape index (κ2) is 5.41. The fraction of sp³-hybridized carbons (Fsp3) is 0.571. The van der Waals surface area contributed by atoms with Crippen molar-refractivity contribution in [1.29, 1.82) is 0 Å². The van der Waals surface area contributed by atoms with Gasteiger partial charge in [-0.3, -0.25) is 0 Å². The number of rotatable bonds is 6. The zero-order valence-electron chi connectivity index (χ0n) is 11.0. The first-order valence-corrected chi connectivity index (χ1v) is 8.21. The Hall–Kier alpha value is -0.870. The molecule has 4 heteroatoms. The lowest BCUT2D eigenvalue weighted by Crippen LogP contribution is -2.29. The van der Waals surface area contributed by atoms with Crippen molar-refractivity contribution >= 4 is 9.84 Å². The number of hydrogen-bond donors (Lipinski definition) is 1. The highest BCUT2D eigenvalue weighted by atomic mass is 32.2. The first-order chi connectivity index (χ1) is 8.56. The summed E-state index contributed by atoms with van der Waals surface area (Å²) in [5.74, 6) is 0.960. The highest BCUT2D eigenvalue weighted by Gasteiger charge is 2.29. The zero-order chi connectivity index (χ0) is 13.2. The lowest BCUT2D eigenvalue weighted by molar-refractivity contribution is 0.500. The van der Waals surface area contributed by atoms with Crippen molar-refractivity contribution in [2.24, 2.45) is 5.92 Å². The largest absolute Gasteiger partial charge is 0.316 e. The summed E-state index contributed by atoms with van der Waals surface area (Å²) in [6.07, 6.45) is 3.61. The fourth-order valence-corrected chi connectivity index (χ4v) is 3.14. The van der Waals surface area contributed by atoms with Crippen LogP contribution in [0.25, 0.3) is 0 Å². The molecule has 100 valence electrons. The molecule has 1 saturated carbocycles. The van der Waals surface area contributed by atoms with E-state index in [0.717, 1.165) is 12.3 Å². The summed E-state index contributed by atoms with van der Waals surface area (Å²) in [5, 5.41) is 3.35. The quantitative estimate of drug-likeness (QED) is 0.857. The van der Waals surface area contributed by atoms with E-state index in [2.05, 4.69) is 5.32 Å². The maximum absolute atomic E-state index is 11.7. The lowest BCUT2D eigenvalue weighted by atomic mass is 10.0. The van der Waals surface area contributed by atoms with Gasteiger partial charge in [-0.05, 0) is 49.9 Å². The minimum atomic E-state index is -3.07. The molecule has 1 aromatic carbocycles. The maximum atomic E-state index is 11.7. The Kier molecular flexibility index (Phi) is 4.07. The minimum absolute atomic E-state index is 0.160. The predicted molar refractivity (Wildman–Crippen MR) is 73.4 cm³/mol. The summed E-state index contributed by atoms with van der Waals surface area (Å²) in [5.41, 5.74) is 1.20. The van der Waals surface area contributed by atoms with Gasteiger partial charge in [0.1, 0.15) is 0 Å². The zero-order valence-corrected chi connectivity index (χ0v) is 11.8. The summed E-state index contributed by atoms with van der Waals surface area (Å²) in [6.45, 7) is 1.67. The van der Waals surface area contributed by atoms with Crippen LogP contribution in [0.4, 0.5) is 0 Å². The highest BCUT2D eigenvalue weighted by molar-refractivity contribution is 7.91. The van der Waals surface area contributed by atoms with E-state index in [1.54, 1.807) is 19.1 Å². The van der Waals surface area contributed by atoms with E-state index in [4.69, 9.17) is 0 Å². The summed E-state index contributed by atoms with van der Waals surface area (Å²) >= 11 is 0. The average Bonchev–Trinajstić information content (AvgIpc) is 3.21. The second-order valence-electron chi connectivity index (χ2n) is 4.98. The van der Waals surface area contributed by atoms with Crippen LogP contribution in [0.15, 0.2) is 29.2 Å². The molecule has 0 heterocycles. The van der Waals surface area contributed by atoms with Crippen molar-refractivity contribution in [2.45, 2.75) is 37.1 Å². The molecule has 1 N–H and O–H groups in total. The van der Waals surface area contributed by atoms with Crippen molar-refractivity contribution in [3.8, 4) is 0 Å². The van der Waals surface area contributed by atoms with Crippen LogP contribution in [0, 0.1) is 5.92 Å². The summed E-state index contributed by atoms with van der Waals surface area (Å²) in [7, 11) is -1.07. The third kappa shape index (κ3) is 3.12. The molecular formula is C14H21NO2S. The van der Waals surface area contributed by atoms with E-state index in [1.807, 2.05) is 19.2 Å². The molecule has 1 aromatic rings. The van der Waals surface area contributed by atoms with Gasteiger partial charge in [0.05, 0.1) is 10.6 Å². The Morgan fingerprint density at radius 1 is 1.28 bits per heavy atom. The van der Waals surface area contributed by atoms with Crippen LogP contribution in [0.3, 0.4) is 0 Å². The van der Waals surface area contributed by atoms with Gasteiger partial charge in [0.15, 0.2) is 9.84 Å². The smallest absolute Gasteiger partial charge is 0.178 e. The van der Waals surface area contributed by atoms with Crippen LogP contribution in [0.1, 0.15) is 25.3 Å². The SMILES string of the molecule is CCS(=O)(=O)c1ccc(CC(NC)C2CC2)cc1. The minimum Gasteiger partial charge on any atom is -0.316 e. The molecule has 0 radical (unpaired) electrons. The summed E-state index contributed by atoms with van der Waals surface area (Å²) in [4.78, 5) is 0.432. The molecule has 18 heavy (non-hydrogen) atoms. The predicted octanol–water partition coefficient (Wildman–Crippen LogP) is 2.02. The van der Waals surface area contributed by atoms with Gasteiger partial charge in [-0.1, -0.05) is 19.1 Å². The molecule has 0 bridgehead atoms. The second-order valence-corrected chi connectivity index (χ2v) is 7.26. The van der Waals surface area contributed by atoms with E-state index in [0.29, 0.717) is 10.9 Å². The van der Waals surface area contributed by atoms with Crippen LogP contribution < -0.4 is 5.32 Å². The van der Waals surface area contributed by atoms with Gasteiger partial charge in [-0.25, -0.2) is 8.42 Å². The Balaban J connectivity index is 2.07. The molecule has 1 fully saturated rings. The van der Waals surface area contributed by atoms with Crippen molar-refractivity contribution in [1.82, 2.24) is 5.32 Å². The molecule has 2 rings (SSSR count). The van der Waals surface area contributed by atoms with Crippen molar-refractivity contribution < 1.29 is 8.42 Å². The molecule has 0 spiro atoms. The number of hydrogen-bond acceptors (Lipinski definition) is 3. The Morgan fingerprint density at radius 3 is 2.33 bits per heavy atom. The van der Waals surface area contributed by atoms with Crippen LogP contribution >= 0.6 is 0 Å². The normalized spacial score (nSPS) is 17.7. The Morgan fingerprint density at radius 2 is 1.89 bits per heavy atom. The van der Waals surface area contributed by atoms with Gasteiger partial charge in [0, 0.05) is 6.04 Å². The number of benzene rings is 1. The molecule has 0 aromatic heterocycles. The molecule has 0 aliphatic heterocycles. The van der Waals surface area contributed by atoms with E-state index in [-0.39, 0.29) is 5.75 Å². The first-order valence-electron chi connectivity index (χ1n) is 6.55. The lowest BCUT2D eigenvalue weighted by Gasteiger charge is -2.15. The van der Waals surface area contributed by atoms with Crippen molar-refractivity contribution in [3.63, 3.8) is 0 Å². The van der Waals surface area contributed by atoms with Gasteiger partial charge >= 0.3 is 0 Å². The van der Waals surface area contributed by atoms with E-state index < -0.39 is 9.84 Å². The summed E-state index contributed by atoms with van der Waals surface area (Å²) in [6, 6.07) is 7.87. The molecule has 0 saturated heterocycles. The molecule has 1 aliphatic rings. The van der Waals surface area contributed by atoms with E-state index in [1.165, 1.54) is 18.4 Å². The monoisotopic (exact) mass is 267 g/mol. The average molecular weight is 267 g/mol.